The molecule has 0 saturated carbocycles. The lowest BCUT2D eigenvalue weighted by atomic mass is 10.1. The molecule has 728 valence electrons. The van der Waals surface area contributed by atoms with Crippen molar-refractivity contribution < 1.29 is 143 Å². The molecule has 0 saturated heterocycles. The largest absolute Gasteiger partial charge is 0.461 e. The number of benzene rings is 8. The van der Waals surface area contributed by atoms with Gasteiger partial charge in [0.1, 0.15) is 99.1 Å². The van der Waals surface area contributed by atoms with Gasteiger partial charge in [-0.15, -0.1) is 0 Å². The fourth-order valence-electron chi connectivity index (χ4n) is 11.7. The average Bonchev–Trinajstić information content (AvgIpc) is 0.870. The van der Waals surface area contributed by atoms with E-state index in [1.807, 2.05) is 24.3 Å². The fourth-order valence-corrected chi connectivity index (χ4v) is 11.7. The maximum Gasteiger partial charge on any atom is 0.411 e. The molecule has 0 aliphatic carbocycles. The van der Waals surface area contributed by atoms with Gasteiger partial charge in [-0.1, -0.05) is 97.1 Å². The summed E-state index contributed by atoms with van der Waals surface area (Å²) in [5, 5.41) is 21.6. The van der Waals surface area contributed by atoms with Gasteiger partial charge in [0, 0.05) is 147 Å². The summed E-state index contributed by atoms with van der Waals surface area (Å²) < 4.78 is 80.2. The van der Waals surface area contributed by atoms with Crippen LogP contribution in [0.3, 0.4) is 0 Å². The van der Waals surface area contributed by atoms with Gasteiger partial charge in [-0.2, -0.15) is 0 Å². The average molecular weight is 1910 g/mol. The van der Waals surface area contributed by atoms with Crippen LogP contribution in [0.25, 0.3) is 42.5 Å². The molecule has 7 amide bonds. The van der Waals surface area contributed by atoms with E-state index in [2.05, 4.69) is 42.5 Å². The molecular weight excluding hydrogens is 1810 g/mol. The van der Waals surface area contributed by atoms with E-state index < -0.39 is 130 Å². The zero-order chi connectivity index (χ0) is 100. The van der Waals surface area contributed by atoms with Crippen LogP contribution in [-0.2, 0) is 116 Å². The Bertz CT molecular complexity index is 5240. The summed E-state index contributed by atoms with van der Waals surface area (Å²) >= 11 is 0. The molecule has 0 heterocycles. The standard InChI is InChI=1S/C101H104N8O30/c1-64(110)125-50-80(51-126-65(2)111)42-72-10-28-89(29-11-72)104-96(119)134-60-85(61-135-97(120)105-90-30-12-73(13-31-90)43-81(52-127-66(3)112)53-128-67(4)113)47-77-20-38-93(39-21-77)108-100(123)138-58-84(46-76-18-36-88(37-19-76)103-95(118)133-49-79-24-26-87(102-9)27-25-79)59-139-101(124)109-94-40-22-78(23-41-94)48-86(62-136-98(121)106-91-32-14-74(15-33-91)44-82(54-129-68(5)114)55-130-69(6)115)63-137-99(122)107-92-34-16-75(17-35-92)45-83(56-131-70(7)116)57-132-71(8)117/h10-48,102H,49-63H2,1-9H3,(H,103,118)(H,104,119)(H,105,120)(H,106,121)(H,107,122)(H,108,123)(H,109,124). The zero-order valence-corrected chi connectivity index (χ0v) is 77.4. The van der Waals surface area contributed by atoms with E-state index in [0.29, 0.717) is 89.7 Å². The molecule has 139 heavy (non-hydrogen) atoms. The van der Waals surface area contributed by atoms with Crippen molar-refractivity contribution in [1.29, 1.82) is 0 Å². The molecule has 0 spiro atoms. The first-order valence-corrected chi connectivity index (χ1v) is 42.6. The van der Waals surface area contributed by atoms with Crippen LogP contribution in [0, 0.1) is 0 Å². The molecule has 0 aliphatic rings. The Balaban J connectivity index is 0.963. The van der Waals surface area contributed by atoms with Crippen molar-refractivity contribution in [2.45, 2.75) is 62.0 Å². The van der Waals surface area contributed by atoms with E-state index in [1.54, 1.807) is 195 Å². The summed E-state index contributed by atoms with van der Waals surface area (Å²) in [6.45, 7) is 6.24. The Morgan fingerprint density at radius 2 is 0.309 bits per heavy atom. The molecule has 0 bridgehead atoms. The number of carbonyl (C=O) groups is 15. The lowest BCUT2D eigenvalue weighted by Crippen LogP contribution is -2.19. The topological polar surface area (TPSA) is 491 Å². The summed E-state index contributed by atoms with van der Waals surface area (Å²) in [7, 11) is 1.78. The van der Waals surface area contributed by atoms with Crippen molar-refractivity contribution in [2.24, 2.45) is 0 Å². The summed E-state index contributed by atoms with van der Waals surface area (Å²) in [5.74, 6) is -4.31. The SMILES string of the molecule is CNc1ccc(COC(=O)Nc2ccc(C=C(COC(=O)Nc3ccc(C=C(COC(=O)Nc4ccc(C=C(COC(C)=O)COC(C)=O)cc4)COC(=O)Nc4ccc(C=C(COC(C)=O)COC(C)=O)cc4)cc3)COC(=O)Nc3ccc(C=C(COC(=O)Nc4ccc(C=C(COC(C)=O)COC(C)=O)cc4)COC(=O)Nc4ccc(C=C(COC(C)=O)COC(C)=O)cc4)cc3)cc2)cc1. The smallest absolute Gasteiger partial charge is 0.411 e. The Labute approximate surface area is 799 Å². The fraction of sp³-hybridized carbons (Fsp3) is 0.238. The molecule has 0 unspecified atom stereocenters. The zero-order valence-electron chi connectivity index (χ0n) is 77.4. The first kappa shape index (κ1) is 107. The molecule has 8 rings (SSSR count). The molecule has 0 aromatic heterocycles. The lowest BCUT2D eigenvalue weighted by molar-refractivity contribution is -0.143. The van der Waals surface area contributed by atoms with E-state index in [1.165, 1.54) is 79.7 Å². The maximum absolute atomic E-state index is 13.7. The molecule has 8 aromatic carbocycles. The number of hydrogen-bond donors (Lipinski definition) is 8. The van der Waals surface area contributed by atoms with Crippen LogP contribution >= 0.6 is 0 Å². The van der Waals surface area contributed by atoms with Crippen molar-refractivity contribution in [3.8, 4) is 0 Å². The minimum Gasteiger partial charge on any atom is -0.461 e. The number of anilines is 8. The van der Waals surface area contributed by atoms with E-state index in [0.717, 1.165) is 11.3 Å². The first-order chi connectivity index (χ1) is 66.6. The van der Waals surface area contributed by atoms with Crippen molar-refractivity contribution in [2.75, 3.05) is 142 Å². The van der Waals surface area contributed by atoms with E-state index in [9.17, 15) is 71.9 Å². The number of nitrogens with one attached hydrogen (secondary N) is 8. The highest BCUT2D eigenvalue weighted by molar-refractivity contribution is 5.90. The Morgan fingerprint density at radius 3 is 0.446 bits per heavy atom. The predicted octanol–water partition coefficient (Wildman–Crippen LogP) is 17.2. The van der Waals surface area contributed by atoms with Crippen LogP contribution in [0.15, 0.2) is 233 Å². The number of hydrogen-bond acceptors (Lipinski definition) is 31. The van der Waals surface area contributed by atoms with Gasteiger partial charge >= 0.3 is 90.4 Å². The molecule has 38 nitrogen and oxygen atoms in total. The van der Waals surface area contributed by atoms with Gasteiger partial charge in [0.05, 0.1) is 0 Å². The number of esters is 8. The molecule has 8 N–H and O–H groups in total. The van der Waals surface area contributed by atoms with Crippen molar-refractivity contribution >= 4 is 178 Å². The highest BCUT2D eigenvalue weighted by Crippen LogP contribution is 2.25. The number of ether oxygens (including phenoxy) is 15. The molecule has 0 fully saturated rings. The monoisotopic (exact) mass is 1910 g/mol. The van der Waals surface area contributed by atoms with Crippen molar-refractivity contribution in [1.82, 2.24) is 0 Å². The third-order valence-corrected chi connectivity index (χ3v) is 18.3. The van der Waals surface area contributed by atoms with Gasteiger partial charge in [0.2, 0.25) is 0 Å². The van der Waals surface area contributed by atoms with Gasteiger partial charge in [-0.3, -0.25) is 75.6 Å². The van der Waals surface area contributed by atoms with Crippen molar-refractivity contribution in [3.63, 3.8) is 0 Å². The van der Waals surface area contributed by atoms with Crippen LogP contribution in [0.2, 0.25) is 0 Å². The molecular formula is C101H104N8O30. The lowest BCUT2D eigenvalue weighted by Gasteiger charge is -2.13. The minimum atomic E-state index is -0.942. The number of carbonyl (C=O) groups excluding carboxylic acids is 15. The summed E-state index contributed by atoms with van der Waals surface area (Å²) in [5.41, 5.74) is 10.4. The van der Waals surface area contributed by atoms with Gasteiger partial charge in [0.15, 0.2) is 0 Å². The van der Waals surface area contributed by atoms with Crippen molar-refractivity contribution in [3.05, 3.63) is 278 Å². The highest BCUT2D eigenvalue weighted by Gasteiger charge is 2.19. The van der Waals surface area contributed by atoms with Crippen LogP contribution < -0.4 is 42.5 Å². The molecule has 0 aliphatic heterocycles. The maximum atomic E-state index is 13.7. The van der Waals surface area contributed by atoms with E-state index in [-0.39, 0.29) is 87.6 Å². The third-order valence-electron chi connectivity index (χ3n) is 18.3. The van der Waals surface area contributed by atoms with Crippen LogP contribution in [0.1, 0.15) is 99.9 Å². The van der Waals surface area contributed by atoms with E-state index >= 15 is 0 Å². The van der Waals surface area contributed by atoms with Crippen LogP contribution in [-0.4, -0.2) is 190 Å². The van der Waals surface area contributed by atoms with Crippen LogP contribution in [0.4, 0.5) is 79.1 Å². The van der Waals surface area contributed by atoms with Gasteiger partial charge in [0.25, 0.3) is 0 Å². The number of rotatable bonds is 45. The Kier molecular flexibility index (Phi) is 43.8. The number of amides is 7. The molecule has 0 atom stereocenters. The Hall–Kier alpha value is -17.6. The summed E-state index contributed by atoms with van der Waals surface area (Å²) in [4.78, 5) is 186. The summed E-state index contributed by atoms with van der Waals surface area (Å²) in [6, 6.07) is 52.1. The van der Waals surface area contributed by atoms with Crippen LogP contribution in [0.5, 0.6) is 0 Å². The Morgan fingerprint density at radius 1 is 0.180 bits per heavy atom. The predicted molar refractivity (Wildman–Crippen MR) is 514 cm³/mol. The first-order valence-electron chi connectivity index (χ1n) is 42.6. The summed E-state index contributed by atoms with van der Waals surface area (Å²) in [6.07, 6.45) is 5.16. The second-order valence-electron chi connectivity index (χ2n) is 30.1. The van der Waals surface area contributed by atoms with Gasteiger partial charge in [-0.05, 0) is 184 Å². The second kappa shape index (κ2) is 57.1. The molecule has 38 heteroatoms. The van der Waals surface area contributed by atoms with E-state index in [4.69, 9.17) is 71.1 Å². The van der Waals surface area contributed by atoms with Gasteiger partial charge < -0.3 is 76.4 Å². The normalized spacial score (nSPS) is 10.2. The second-order valence-corrected chi connectivity index (χ2v) is 30.1. The molecule has 0 radical (unpaired) electrons. The molecule has 8 aromatic rings. The van der Waals surface area contributed by atoms with Gasteiger partial charge in [-0.25, -0.2) is 33.6 Å². The highest BCUT2D eigenvalue weighted by atomic mass is 16.6. The quantitative estimate of drug-likeness (QED) is 0.0130. The third kappa shape index (κ3) is 44.2. The minimum absolute atomic E-state index is 0.00465.